The van der Waals surface area contributed by atoms with Crippen LogP contribution in [0.3, 0.4) is 0 Å². The number of fused-ring (bicyclic) bond motifs is 10. The predicted octanol–water partition coefficient (Wildman–Crippen LogP) is 8.20. The van der Waals surface area contributed by atoms with Gasteiger partial charge in [-0.05, 0) is 65.6 Å². The van der Waals surface area contributed by atoms with Crippen molar-refractivity contribution < 1.29 is 0 Å². The molecule has 0 atom stereocenters. The topological polar surface area (TPSA) is 22.0 Å². The molecule has 9 aromatic rings. The van der Waals surface area contributed by atoms with Gasteiger partial charge in [0.15, 0.2) is 8.07 Å². The second-order valence-electron chi connectivity index (χ2n) is 14.3. The normalized spacial score (nSPS) is 14.4. The minimum absolute atomic E-state index is 0.0105. The lowest BCUT2D eigenvalue weighted by Gasteiger charge is -2.51. The van der Waals surface area contributed by atoms with Gasteiger partial charge in [0.25, 0.3) is 5.56 Å². The van der Waals surface area contributed by atoms with Crippen LogP contribution in [0.4, 0.5) is 0 Å². The number of hydrogen-bond donors (Lipinski definition) is 0. The van der Waals surface area contributed by atoms with E-state index in [9.17, 15) is 0 Å². The average molecular weight is 692 g/mol. The molecule has 1 aromatic heterocycles. The maximum absolute atomic E-state index is 15.3. The number of benzene rings is 8. The number of nitrogens with zero attached hydrogens (tertiary/aromatic N) is 1. The van der Waals surface area contributed by atoms with E-state index in [1.807, 2.05) is 22.8 Å². The van der Waals surface area contributed by atoms with Gasteiger partial charge >= 0.3 is 0 Å². The van der Waals surface area contributed by atoms with Crippen molar-refractivity contribution in [2.75, 3.05) is 0 Å². The van der Waals surface area contributed by atoms with Crippen molar-refractivity contribution in [2.24, 2.45) is 0 Å². The highest BCUT2D eigenvalue weighted by molar-refractivity contribution is 7.20. The average Bonchev–Trinajstić information content (AvgIpc) is 3.24. The summed E-state index contributed by atoms with van der Waals surface area (Å²) in [5, 5.41) is 8.29. The van der Waals surface area contributed by atoms with E-state index in [-0.39, 0.29) is 5.56 Å². The van der Waals surface area contributed by atoms with E-state index in [2.05, 4.69) is 182 Å². The molecule has 8 aromatic carbocycles. The Bertz CT molecular complexity index is 2880. The molecule has 11 rings (SSSR count). The van der Waals surface area contributed by atoms with E-state index in [0.29, 0.717) is 0 Å². The van der Waals surface area contributed by atoms with Crippen LogP contribution >= 0.6 is 0 Å². The van der Waals surface area contributed by atoms with Gasteiger partial charge in [0.1, 0.15) is 0 Å². The van der Waals surface area contributed by atoms with Crippen LogP contribution < -0.4 is 26.3 Å². The summed E-state index contributed by atoms with van der Waals surface area (Å²) in [7, 11) is -2.85. The van der Waals surface area contributed by atoms with Crippen LogP contribution in [0.25, 0.3) is 38.5 Å². The van der Waals surface area contributed by atoms with Crippen LogP contribution in [-0.2, 0) is 5.41 Å². The zero-order chi connectivity index (χ0) is 35.1. The zero-order valence-corrected chi connectivity index (χ0v) is 29.9. The molecule has 1 spiro atoms. The van der Waals surface area contributed by atoms with E-state index in [4.69, 9.17) is 0 Å². The lowest BCUT2D eigenvalue weighted by molar-refractivity contribution is 0.724. The van der Waals surface area contributed by atoms with Crippen molar-refractivity contribution in [3.8, 4) is 16.8 Å². The molecule has 0 unspecified atom stereocenters. The molecule has 0 saturated heterocycles. The van der Waals surface area contributed by atoms with Gasteiger partial charge in [0.2, 0.25) is 0 Å². The molecule has 0 saturated carbocycles. The monoisotopic (exact) mass is 691 g/mol. The molecule has 2 aliphatic heterocycles. The smallest absolute Gasteiger partial charge is 0.264 e. The van der Waals surface area contributed by atoms with Crippen molar-refractivity contribution in [1.29, 1.82) is 0 Å². The molecule has 0 aliphatic carbocycles. The van der Waals surface area contributed by atoms with Crippen molar-refractivity contribution in [3.63, 3.8) is 0 Å². The van der Waals surface area contributed by atoms with Crippen LogP contribution in [0.2, 0.25) is 0 Å². The summed E-state index contributed by atoms with van der Waals surface area (Å²) in [5.74, 6) is 0. The highest BCUT2D eigenvalue weighted by Gasteiger charge is 2.57. The lowest BCUT2D eigenvalue weighted by Crippen LogP contribution is -2.79. The molecule has 53 heavy (non-hydrogen) atoms. The van der Waals surface area contributed by atoms with E-state index in [0.717, 1.165) is 49.6 Å². The summed E-state index contributed by atoms with van der Waals surface area (Å²) < 4.78 is 2.03. The van der Waals surface area contributed by atoms with Gasteiger partial charge in [-0.1, -0.05) is 194 Å². The highest BCUT2D eigenvalue weighted by Crippen LogP contribution is 2.53. The quantitative estimate of drug-likeness (QED) is 0.135. The minimum atomic E-state index is -2.85. The summed E-state index contributed by atoms with van der Waals surface area (Å²) in [6.07, 6.45) is 0. The first-order chi connectivity index (χ1) is 26.3. The highest BCUT2D eigenvalue weighted by atomic mass is 28.3. The molecule has 2 aliphatic rings. The molecule has 0 amide bonds. The van der Waals surface area contributed by atoms with Crippen molar-refractivity contribution >= 4 is 50.5 Å². The van der Waals surface area contributed by atoms with Gasteiger partial charge in [-0.15, -0.1) is 0 Å². The first kappa shape index (κ1) is 30.1. The molecule has 3 heteroatoms. The molecule has 0 radical (unpaired) electrons. The number of aromatic nitrogens is 1. The second kappa shape index (κ2) is 11.2. The molecule has 248 valence electrons. The number of rotatable bonds is 3. The first-order valence-electron chi connectivity index (χ1n) is 18.3. The predicted molar refractivity (Wildman–Crippen MR) is 222 cm³/mol. The van der Waals surface area contributed by atoms with Gasteiger partial charge in [-0.2, -0.15) is 0 Å². The Morgan fingerprint density at radius 3 is 1.55 bits per heavy atom. The van der Waals surface area contributed by atoms with E-state index in [1.165, 1.54) is 31.9 Å². The third-order valence-corrected chi connectivity index (χ3v) is 16.8. The van der Waals surface area contributed by atoms with Gasteiger partial charge < -0.3 is 0 Å². The Morgan fingerprint density at radius 2 is 0.906 bits per heavy atom. The molecule has 0 fully saturated rings. The fourth-order valence-corrected chi connectivity index (χ4v) is 15.3. The Morgan fingerprint density at radius 1 is 0.415 bits per heavy atom. The third-order valence-electron chi connectivity index (χ3n) is 12.0. The van der Waals surface area contributed by atoms with Gasteiger partial charge in [-0.25, -0.2) is 0 Å². The van der Waals surface area contributed by atoms with E-state index in [1.54, 1.807) is 0 Å². The van der Waals surface area contributed by atoms with Crippen molar-refractivity contribution in [3.05, 3.63) is 233 Å². The van der Waals surface area contributed by atoms with Crippen LogP contribution in [-0.4, -0.2) is 12.6 Å². The Hall–Kier alpha value is -6.55. The van der Waals surface area contributed by atoms with Crippen LogP contribution in [0.5, 0.6) is 0 Å². The van der Waals surface area contributed by atoms with Crippen LogP contribution in [0.1, 0.15) is 22.3 Å². The Labute approximate surface area is 308 Å². The van der Waals surface area contributed by atoms with Gasteiger partial charge in [-0.3, -0.25) is 9.36 Å². The standard InChI is InChI=1S/C50H33NOSi/c52-49-47-37(34-18-4-1-5-19-34)24-16-25-38(47)39-26-17-30-43-48(39)51(49)44-31-13-10-27-40(44)50(43)41-28-11-14-32-45(41)53(35-20-6-2-7-21-35,36-22-8-3-9-23-36)46-33-15-12-29-42(46)50/h1-33H. The maximum atomic E-state index is 15.3. The molecule has 2 nitrogen and oxygen atoms in total. The molecular weight excluding hydrogens is 659 g/mol. The second-order valence-corrected chi connectivity index (χ2v) is 18.0. The zero-order valence-electron chi connectivity index (χ0n) is 28.9. The summed E-state index contributed by atoms with van der Waals surface area (Å²) in [6.45, 7) is 0. The molecule has 0 N–H and O–H groups in total. The fraction of sp³-hybridized carbons (Fsp3) is 0.0200. The number of pyridine rings is 1. The SMILES string of the molecule is O=c1c2c(-c3ccccc3)cccc2c2cccc3c2n1-c1ccccc1C31c2ccccc2[Si](c2ccccc2)(c2ccccc2)c2ccccc21. The Kier molecular flexibility index (Phi) is 6.37. The summed E-state index contributed by atoms with van der Waals surface area (Å²) >= 11 is 0. The lowest BCUT2D eigenvalue weighted by atomic mass is 9.62. The van der Waals surface area contributed by atoms with Gasteiger partial charge in [0, 0.05) is 5.39 Å². The van der Waals surface area contributed by atoms with Crippen LogP contribution in [0.15, 0.2) is 205 Å². The van der Waals surface area contributed by atoms with E-state index >= 15 is 4.79 Å². The van der Waals surface area contributed by atoms with Crippen molar-refractivity contribution in [2.45, 2.75) is 5.41 Å². The largest absolute Gasteiger partial charge is 0.276 e. The summed E-state index contributed by atoms with van der Waals surface area (Å²) in [6, 6.07) is 72.7. The summed E-state index contributed by atoms with van der Waals surface area (Å²) in [4.78, 5) is 15.3. The minimum Gasteiger partial charge on any atom is -0.276 e. The molecular formula is C50H33NOSi. The molecule has 3 heterocycles. The summed E-state index contributed by atoms with van der Waals surface area (Å²) in [5.41, 5.74) is 8.08. The van der Waals surface area contributed by atoms with Crippen molar-refractivity contribution in [1.82, 2.24) is 4.57 Å². The number of para-hydroxylation sites is 2. The van der Waals surface area contributed by atoms with Gasteiger partial charge in [0.05, 0.1) is 22.0 Å². The maximum Gasteiger partial charge on any atom is 0.264 e. The first-order valence-corrected chi connectivity index (χ1v) is 20.3. The Balaban J connectivity index is 1.36. The van der Waals surface area contributed by atoms with E-state index < -0.39 is 13.5 Å². The fourth-order valence-electron chi connectivity index (χ4n) is 10.1. The number of hydrogen-bond acceptors (Lipinski definition) is 1. The van der Waals surface area contributed by atoms with Crippen LogP contribution in [0, 0.1) is 0 Å². The third kappa shape index (κ3) is 3.79. The molecule has 0 bridgehead atoms.